The summed E-state index contributed by atoms with van der Waals surface area (Å²) in [5, 5.41) is 9.21. The molecule has 4 unspecified atom stereocenters. The lowest BCUT2D eigenvalue weighted by Gasteiger charge is -2.31. The van der Waals surface area contributed by atoms with Crippen molar-refractivity contribution in [3.05, 3.63) is 101 Å². The van der Waals surface area contributed by atoms with Gasteiger partial charge in [-0.2, -0.15) is 0 Å². The zero-order chi connectivity index (χ0) is 21.5. The molecule has 0 radical (unpaired) electrons. The van der Waals surface area contributed by atoms with Gasteiger partial charge in [0.25, 0.3) is 0 Å². The van der Waals surface area contributed by atoms with Crippen LogP contribution in [-0.4, -0.2) is 23.0 Å². The minimum absolute atomic E-state index is 0.139. The number of carbonyl (C=O) groups is 2. The summed E-state index contributed by atoms with van der Waals surface area (Å²) >= 11 is 0. The Balaban J connectivity index is 1.62. The van der Waals surface area contributed by atoms with E-state index in [1.165, 1.54) is 24.3 Å². The first-order valence-electron chi connectivity index (χ1n) is 10.0. The van der Waals surface area contributed by atoms with Crippen LogP contribution in [0.15, 0.2) is 78.9 Å². The van der Waals surface area contributed by atoms with Crippen LogP contribution in [0.3, 0.4) is 0 Å². The zero-order valence-corrected chi connectivity index (χ0v) is 16.4. The van der Waals surface area contributed by atoms with Crippen molar-refractivity contribution in [2.24, 2.45) is 5.92 Å². The third kappa shape index (κ3) is 3.28. The van der Waals surface area contributed by atoms with Gasteiger partial charge in [-0.05, 0) is 47.5 Å². The number of anilines is 1. The highest BCUT2D eigenvalue weighted by Gasteiger charge is 2.56. The molecule has 2 heterocycles. The van der Waals surface area contributed by atoms with Crippen molar-refractivity contribution in [1.29, 1.82) is 0 Å². The molecule has 2 saturated heterocycles. The van der Waals surface area contributed by atoms with Crippen LogP contribution in [0.25, 0.3) is 0 Å². The number of hydrogen-bond donors (Lipinski definition) is 3. The molecular formula is C24H20FN3O3. The number of nitrogens with one attached hydrogen (secondary N) is 2. The molecule has 7 heteroatoms. The van der Waals surface area contributed by atoms with Crippen LogP contribution in [0.4, 0.5) is 10.1 Å². The highest BCUT2D eigenvalue weighted by Crippen LogP contribution is 2.48. The molecule has 3 aromatic carbocycles. The van der Waals surface area contributed by atoms with E-state index in [2.05, 4.69) is 10.9 Å². The summed E-state index contributed by atoms with van der Waals surface area (Å²) < 4.78 is 14.2. The predicted octanol–water partition coefficient (Wildman–Crippen LogP) is 3.45. The first-order chi connectivity index (χ1) is 15.0. The van der Waals surface area contributed by atoms with Crippen LogP contribution < -0.4 is 15.8 Å². The van der Waals surface area contributed by atoms with Crippen molar-refractivity contribution in [3.8, 4) is 0 Å². The second kappa shape index (κ2) is 7.61. The molecule has 1 amide bonds. The normalized spacial score (nSPS) is 24.9. The topological polar surface area (TPSA) is 81.7 Å². The quantitative estimate of drug-likeness (QED) is 0.606. The van der Waals surface area contributed by atoms with Crippen LogP contribution in [0, 0.1) is 11.7 Å². The zero-order valence-electron chi connectivity index (χ0n) is 16.4. The minimum atomic E-state index is -1.03. The molecule has 156 valence electrons. The number of benzene rings is 3. The van der Waals surface area contributed by atoms with E-state index < -0.39 is 18.1 Å². The van der Waals surface area contributed by atoms with E-state index in [0.717, 1.165) is 5.56 Å². The number of nitrogens with zero attached hydrogens (tertiary/aromatic N) is 1. The maximum Gasteiger partial charge on any atom is 0.335 e. The van der Waals surface area contributed by atoms with Crippen LogP contribution >= 0.6 is 0 Å². The van der Waals surface area contributed by atoms with Gasteiger partial charge in [0.05, 0.1) is 17.6 Å². The Kier molecular flexibility index (Phi) is 4.77. The van der Waals surface area contributed by atoms with E-state index in [4.69, 9.17) is 0 Å². The molecule has 2 fully saturated rings. The van der Waals surface area contributed by atoms with Gasteiger partial charge in [0.2, 0.25) is 5.91 Å². The van der Waals surface area contributed by atoms with E-state index in [1.807, 2.05) is 36.4 Å². The molecule has 0 aromatic heterocycles. The molecule has 6 nitrogen and oxygen atoms in total. The van der Waals surface area contributed by atoms with Gasteiger partial charge in [-0.25, -0.2) is 20.0 Å². The summed E-state index contributed by atoms with van der Waals surface area (Å²) in [7, 11) is 0. The first-order valence-corrected chi connectivity index (χ1v) is 10.0. The Morgan fingerprint density at radius 1 is 0.871 bits per heavy atom. The predicted molar refractivity (Wildman–Crippen MR) is 113 cm³/mol. The number of aromatic carboxylic acids is 1. The highest BCUT2D eigenvalue weighted by atomic mass is 19.1. The van der Waals surface area contributed by atoms with Gasteiger partial charge in [0.1, 0.15) is 11.9 Å². The third-order valence-corrected chi connectivity index (χ3v) is 6.05. The molecule has 5 rings (SSSR count). The van der Waals surface area contributed by atoms with Crippen molar-refractivity contribution in [1.82, 2.24) is 10.9 Å². The van der Waals surface area contributed by atoms with Crippen LogP contribution in [0.5, 0.6) is 0 Å². The number of fused-ring (bicyclic) bond motifs is 1. The SMILES string of the molecule is O=C(O)c1ccc(N2C(=O)C3NNC(c4ccccc4)C3C2c2cccc(F)c2)cc1. The number of carboxylic acid groups (broad SMARTS) is 1. The number of hydrogen-bond acceptors (Lipinski definition) is 4. The summed E-state index contributed by atoms with van der Waals surface area (Å²) in [5.74, 6) is -1.75. The highest BCUT2D eigenvalue weighted by molar-refractivity contribution is 6.01. The molecule has 31 heavy (non-hydrogen) atoms. The van der Waals surface area contributed by atoms with Gasteiger partial charge >= 0.3 is 5.97 Å². The van der Waals surface area contributed by atoms with Gasteiger partial charge in [0.15, 0.2) is 0 Å². The molecule has 0 spiro atoms. The standard InChI is InChI=1S/C24H20FN3O3/c25-17-8-4-7-16(13-17)22-19-20(14-5-2-1-3-6-14)26-27-21(19)23(29)28(22)18-11-9-15(10-12-18)24(30)31/h1-13,19-22,26-27H,(H,30,31). The Bertz CT molecular complexity index is 1140. The van der Waals surface area contributed by atoms with Crippen molar-refractivity contribution < 1.29 is 19.1 Å². The maximum absolute atomic E-state index is 14.2. The van der Waals surface area contributed by atoms with Gasteiger partial charge in [-0.15, -0.1) is 0 Å². The fourth-order valence-corrected chi connectivity index (χ4v) is 4.69. The number of rotatable bonds is 4. The second-order valence-corrected chi connectivity index (χ2v) is 7.79. The molecular weight excluding hydrogens is 397 g/mol. The van der Waals surface area contributed by atoms with E-state index in [1.54, 1.807) is 23.1 Å². The summed E-state index contributed by atoms with van der Waals surface area (Å²) in [6.07, 6.45) is 0. The smallest absolute Gasteiger partial charge is 0.335 e. The van der Waals surface area contributed by atoms with Gasteiger partial charge < -0.3 is 10.0 Å². The minimum Gasteiger partial charge on any atom is -0.478 e. The van der Waals surface area contributed by atoms with Gasteiger partial charge in [-0.1, -0.05) is 42.5 Å². The summed E-state index contributed by atoms with van der Waals surface area (Å²) in [6, 6.07) is 21.2. The van der Waals surface area contributed by atoms with Crippen molar-refractivity contribution >= 4 is 17.6 Å². The molecule has 0 bridgehead atoms. The Hall–Kier alpha value is -3.55. The number of carboxylic acids is 1. The lowest BCUT2D eigenvalue weighted by Crippen LogP contribution is -2.41. The number of carbonyl (C=O) groups excluding carboxylic acids is 1. The molecule has 3 aromatic rings. The number of halogens is 1. The summed E-state index contributed by atoms with van der Waals surface area (Å²) in [5.41, 5.74) is 8.81. The van der Waals surface area contributed by atoms with E-state index >= 15 is 0 Å². The summed E-state index contributed by atoms with van der Waals surface area (Å²) in [6.45, 7) is 0. The monoisotopic (exact) mass is 417 g/mol. The van der Waals surface area contributed by atoms with Crippen molar-refractivity contribution in [2.45, 2.75) is 18.1 Å². The van der Waals surface area contributed by atoms with Crippen molar-refractivity contribution in [3.63, 3.8) is 0 Å². The average Bonchev–Trinajstić information content (AvgIpc) is 3.33. The number of amides is 1. The van der Waals surface area contributed by atoms with Gasteiger partial charge in [-0.3, -0.25) is 4.79 Å². The second-order valence-electron chi connectivity index (χ2n) is 7.79. The van der Waals surface area contributed by atoms with E-state index in [-0.39, 0.29) is 29.2 Å². The van der Waals surface area contributed by atoms with E-state index in [9.17, 15) is 19.1 Å². The van der Waals surface area contributed by atoms with Crippen LogP contribution in [-0.2, 0) is 4.79 Å². The molecule has 3 N–H and O–H groups in total. The van der Waals surface area contributed by atoms with Crippen LogP contribution in [0.2, 0.25) is 0 Å². The fourth-order valence-electron chi connectivity index (χ4n) is 4.69. The Morgan fingerprint density at radius 3 is 2.23 bits per heavy atom. The average molecular weight is 417 g/mol. The Morgan fingerprint density at radius 2 is 1.55 bits per heavy atom. The molecule has 0 saturated carbocycles. The summed E-state index contributed by atoms with van der Waals surface area (Å²) in [4.78, 5) is 26.4. The van der Waals surface area contributed by atoms with Crippen molar-refractivity contribution in [2.75, 3.05) is 4.90 Å². The molecule has 2 aliphatic heterocycles. The Labute approximate surface area is 178 Å². The largest absolute Gasteiger partial charge is 0.478 e. The molecule has 0 aliphatic carbocycles. The lowest BCUT2D eigenvalue weighted by atomic mass is 9.83. The van der Waals surface area contributed by atoms with Gasteiger partial charge in [0, 0.05) is 11.6 Å². The molecule has 4 atom stereocenters. The lowest BCUT2D eigenvalue weighted by molar-refractivity contribution is -0.119. The first kappa shape index (κ1) is 19.4. The van der Waals surface area contributed by atoms with Crippen LogP contribution in [0.1, 0.15) is 33.6 Å². The third-order valence-electron chi connectivity index (χ3n) is 6.05. The van der Waals surface area contributed by atoms with E-state index in [0.29, 0.717) is 11.3 Å². The molecule has 2 aliphatic rings. The number of hydrazine groups is 1. The maximum atomic E-state index is 14.2. The fraction of sp³-hybridized carbons (Fsp3) is 0.167.